The van der Waals surface area contributed by atoms with Gasteiger partial charge in [-0.1, -0.05) is 54.6 Å². The molecule has 1 N–H and O–H groups in total. The van der Waals surface area contributed by atoms with E-state index in [1.54, 1.807) is 21.1 Å². The highest BCUT2D eigenvalue weighted by Crippen LogP contribution is 2.53. The van der Waals surface area contributed by atoms with E-state index in [2.05, 4.69) is 11.1 Å². The highest BCUT2D eigenvalue weighted by atomic mass is 31.2. The van der Waals surface area contributed by atoms with Crippen molar-refractivity contribution in [1.82, 2.24) is 14.2 Å². The van der Waals surface area contributed by atoms with Gasteiger partial charge in [-0.05, 0) is 75.6 Å². The number of alkyl halides is 1. The molecular weight excluding hydrogens is 714 g/mol. The Kier molecular flexibility index (Phi) is 13.5. The Morgan fingerprint density at radius 2 is 1.52 bits per heavy atom. The second kappa shape index (κ2) is 17.8. The molecule has 2 heterocycles. The van der Waals surface area contributed by atoms with Gasteiger partial charge in [0.2, 0.25) is 0 Å². The number of nitriles is 1. The number of nitrogens with zero attached hydrogens (tertiary/aromatic N) is 3. The monoisotopic (exact) mass is 762 g/mol. The molecule has 1 saturated heterocycles. The molecule has 0 amide bonds. The fourth-order valence-corrected chi connectivity index (χ4v) is 8.38. The summed E-state index contributed by atoms with van der Waals surface area (Å²) in [6, 6.07) is 26.1. The Balaban J connectivity index is 1.64. The molecule has 1 aliphatic rings. The minimum absolute atomic E-state index is 0.0650. The van der Waals surface area contributed by atoms with Crippen LogP contribution in [-0.2, 0) is 24.1 Å². The molecule has 14 heteroatoms. The molecule has 0 saturated carbocycles. The minimum Gasteiger partial charge on any atom is -0.497 e. The second-order valence-electron chi connectivity index (χ2n) is 13.5. The first kappa shape index (κ1) is 40.8. The molecule has 4 atom stereocenters. The lowest BCUT2D eigenvalue weighted by Gasteiger charge is -2.40. The molecule has 4 aromatic rings. The van der Waals surface area contributed by atoms with Gasteiger partial charge in [0, 0.05) is 30.3 Å². The molecule has 3 aromatic carbocycles. The standard InChI is InChI=1S/C40H48FN4O8P/c1-27(2)45(28(3)4)54(51-23-11-22-42)53-35-24-36(44-25-29(5)37(46)43-38(44)47)52-39(35,41)26-50-40(30-12-9-8-10-13-30,31-14-18-33(48-6)19-15-31)32-16-20-34(49-7)21-17-32/h8-10,12-21,25,27-28,35-36H,11,23-24,26H2,1-7H3,(H,43,46,47)/t35-,36+,39+,54?/m0/s1. The number of ether oxygens (including phenoxy) is 4. The van der Waals surface area contributed by atoms with Crippen molar-refractivity contribution in [1.29, 1.82) is 5.26 Å². The van der Waals surface area contributed by atoms with Gasteiger partial charge in [-0.2, -0.15) is 5.26 Å². The number of hydrogen-bond acceptors (Lipinski definition) is 10. The number of rotatable bonds is 17. The molecule has 1 aliphatic heterocycles. The van der Waals surface area contributed by atoms with Gasteiger partial charge in [-0.3, -0.25) is 14.3 Å². The number of hydrogen-bond donors (Lipinski definition) is 1. The van der Waals surface area contributed by atoms with Gasteiger partial charge in [0.05, 0.1) is 33.3 Å². The van der Waals surface area contributed by atoms with Crippen molar-refractivity contribution in [2.75, 3.05) is 27.4 Å². The molecule has 0 bridgehead atoms. The number of benzene rings is 3. The Morgan fingerprint density at radius 3 is 2.04 bits per heavy atom. The quantitative estimate of drug-likeness (QED) is 0.0673. The van der Waals surface area contributed by atoms with E-state index in [1.165, 1.54) is 6.20 Å². The lowest BCUT2D eigenvalue weighted by Crippen LogP contribution is -2.46. The Hall–Kier alpha value is -4.41. The molecular formula is C40H48FN4O8P. The Bertz CT molecular complexity index is 1930. The molecule has 0 spiro atoms. The Morgan fingerprint density at radius 1 is 0.963 bits per heavy atom. The second-order valence-corrected chi connectivity index (χ2v) is 14.9. The average molecular weight is 763 g/mol. The van der Waals surface area contributed by atoms with Crippen LogP contribution in [0.1, 0.15) is 69.0 Å². The molecule has 1 unspecified atom stereocenters. The van der Waals surface area contributed by atoms with Crippen molar-refractivity contribution in [3.05, 3.63) is 128 Å². The van der Waals surface area contributed by atoms with Gasteiger partial charge in [-0.25, -0.2) is 13.9 Å². The molecule has 1 aromatic heterocycles. The first-order valence-corrected chi connectivity index (χ1v) is 18.9. The first-order valence-electron chi connectivity index (χ1n) is 17.8. The first-order chi connectivity index (χ1) is 25.9. The predicted octanol–water partition coefficient (Wildman–Crippen LogP) is 7.12. The fraction of sp³-hybridized carbons (Fsp3) is 0.425. The van der Waals surface area contributed by atoms with Crippen molar-refractivity contribution >= 4 is 8.53 Å². The number of aromatic amines is 1. The lowest BCUT2D eigenvalue weighted by atomic mass is 9.80. The zero-order valence-corrected chi connectivity index (χ0v) is 32.5. The van der Waals surface area contributed by atoms with E-state index in [9.17, 15) is 14.9 Å². The third-order valence-corrected chi connectivity index (χ3v) is 11.4. The summed E-state index contributed by atoms with van der Waals surface area (Å²) < 4.78 is 58.1. The largest absolute Gasteiger partial charge is 0.497 e. The van der Waals surface area contributed by atoms with E-state index in [1.807, 2.05) is 111 Å². The van der Waals surface area contributed by atoms with E-state index in [4.69, 9.17) is 28.0 Å². The number of methoxy groups -OCH3 is 2. The number of nitrogens with one attached hydrogen (secondary N) is 1. The summed E-state index contributed by atoms with van der Waals surface area (Å²) in [6.07, 6.45) is -1.18. The van der Waals surface area contributed by atoms with Crippen LogP contribution in [0.3, 0.4) is 0 Å². The molecule has 0 radical (unpaired) electrons. The smallest absolute Gasteiger partial charge is 0.330 e. The summed E-state index contributed by atoms with van der Waals surface area (Å²) >= 11 is 0. The number of aryl methyl sites for hydroxylation is 1. The summed E-state index contributed by atoms with van der Waals surface area (Å²) in [5, 5.41) is 9.27. The lowest BCUT2D eigenvalue weighted by molar-refractivity contribution is -0.225. The average Bonchev–Trinajstić information content (AvgIpc) is 3.49. The zero-order chi connectivity index (χ0) is 39.0. The molecule has 0 aliphatic carbocycles. The van der Waals surface area contributed by atoms with E-state index < -0.39 is 50.2 Å². The van der Waals surface area contributed by atoms with Crippen molar-refractivity contribution in [3.8, 4) is 17.6 Å². The molecule has 5 rings (SSSR count). The van der Waals surface area contributed by atoms with Crippen LogP contribution in [0.5, 0.6) is 11.5 Å². The molecule has 12 nitrogen and oxygen atoms in total. The van der Waals surface area contributed by atoms with Gasteiger partial charge in [0.1, 0.15) is 36.0 Å². The SMILES string of the molecule is COc1ccc(C(OC[C@@]2(F)O[C@@H](n3cc(C)c(=O)[nH]c3=O)C[C@@H]2OP(OCCC#N)N(C(C)C)C(C)C)(c2ccccc2)c2ccc(OC)cc2)cc1. The summed E-state index contributed by atoms with van der Waals surface area (Å²) in [7, 11) is 1.22. The van der Waals surface area contributed by atoms with Crippen molar-refractivity contribution < 1.29 is 32.4 Å². The topological polar surface area (TPSA) is 137 Å². The minimum atomic E-state index is -2.66. The van der Waals surface area contributed by atoms with Crippen LogP contribution in [-0.4, -0.2) is 65.7 Å². The summed E-state index contributed by atoms with van der Waals surface area (Å²) in [5.74, 6) is -1.41. The van der Waals surface area contributed by atoms with Crippen LogP contribution in [0.15, 0.2) is 94.6 Å². The summed E-state index contributed by atoms with van der Waals surface area (Å²) in [5.41, 5.74) is -0.400. The molecule has 288 valence electrons. The van der Waals surface area contributed by atoms with E-state index >= 15 is 4.39 Å². The van der Waals surface area contributed by atoms with E-state index in [0.29, 0.717) is 28.2 Å². The third kappa shape index (κ3) is 8.76. The molecule has 54 heavy (non-hydrogen) atoms. The van der Waals surface area contributed by atoms with Gasteiger partial charge in [0.25, 0.3) is 19.9 Å². The molecule has 1 fully saturated rings. The van der Waals surface area contributed by atoms with Gasteiger partial charge < -0.3 is 28.0 Å². The highest BCUT2D eigenvalue weighted by molar-refractivity contribution is 7.44. The van der Waals surface area contributed by atoms with Crippen LogP contribution in [0.4, 0.5) is 4.39 Å². The van der Waals surface area contributed by atoms with Gasteiger partial charge >= 0.3 is 5.69 Å². The van der Waals surface area contributed by atoms with Gasteiger partial charge in [0.15, 0.2) is 0 Å². The van der Waals surface area contributed by atoms with Crippen LogP contribution < -0.4 is 20.7 Å². The van der Waals surface area contributed by atoms with Crippen LogP contribution >= 0.6 is 8.53 Å². The van der Waals surface area contributed by atoms with Crippen LogP contribution in [0, 0.1) is 18.3 Å². The predicted molar refractivity (Wildman–Crippen MR) is 203 cm³/mol. The normalized spacial score (nSPS) is 19.3. The van der Waals surface area contributed by atoms with Gasteiger partial charge in [-0.15, -0.1) is 0 Å². The van der Waals surface area contributed by atoms with Crippen LogP contribution in [0.2, 0.25) is 0 Å². The number of halogens is 1. The third-order valence-electron chi connectivity index (χ3n) is 9.22. The maximum absolute atomic E-state index is 18.1. The highest BCUT2D eigenvalue weighted by Gasteiger charge is 2.55. The van der Waals surface area contributed by atoms with Crippen molar-refractivity contribution in [3.63, 3.8) is 0 Å². The summed E-state index contributed by atoms with van der Waals surface area (Å²) in [4.78, 5) is 27.7. The van der Waals surface area contributed by atoms with E-state index in [0.717, 1.165) is 4.57 Å². The maximum Gasteiger partial charge on any atom is 0.330 e. The maximum atomic E-state index is 18.1. The Labute approximate surface area is 316 Å². The fourth-order valence-electron chi connectivity index (χ4n) is 6.61. The van der Waals surface area contributed by atoms with Crippen molar-refractivity contribution in [2.24, 2.45) is 0 Å². The van der Waals surface area contributed by atoms with Crippen LogP contribution in [0.25, 0.3) is 0 Å². The van der Waals surface area contributed by atoms with E-state index in [-0.39, 0.29) is 37.1 Å². The number of H-pyrrole nitrogens is 1. The zero-order valence-electron chi connectivity index (χ0n) is 31.7. The number of aromatic nitrogens is 2. The summed E-state index contributed by atoms with van der Waals surface area (Å²) in [6.45, 7) is 8.87. The van der Waals surface area contributed by atoms with Crippen molar-refractivity contribution in [2.45, 2.75) is 83.3 Å².